The summed E-state index contributed by atoms with van der Waals surface area (Å²) in [6, 6.07) is 9.71. The van der Waals surface area contributed by atoms with Crippen LogP contribution in [0.2, 0.25) is 0 Å². The second-order valence-corrected chi connectivity index (χ2v) is 6.91. The number of sulfone groups is 1. The summed E-state index contributed by atoms with van der Waals surface area (Å²) in [5.41, 5.74) is 7.18. The van der Waals surface area contributed by atoms with Gasteiger partial charge in [-0.3, -0.25) is 0 Å². The molecule has 1 aromatic carbocycles. The van der Waals surface area contributed by atoms with Gasteiger partial charge in [0.2, 0.25) is 0 Å². The summed E-state index contributed by atoms with van der Waals surface area (Å²) in [7, 11) is -2.89. The third-order valence-corrected chi connectivity index (χ3v) is 4.86. The Labute approximate surface area is 104 Å². The van der Waals surface area contributed by atoms with Crippen LogP contribution in [-0.4, -0.2) is 19.9 Å². The van der Waals surface area contributed by atoms with Crippen molar-refractivity contribution in [1.82, 2.24) is 0 Å². The lowest BCUT2D eigenvalue weighted by Crippen LogP contribution is -2.22. The number of nitrogens with two attached hydrogens (primary N) is 1. The van der Waals surface area contributed by atoms with Crippen LogP contribution in [0.1, 0.15) is 31.9 Å². The summed E-state index contributed by atoms with van der Waals surface area (Å²) in [6.45, 7) is 3.68. The molecule has 3 nitrogen and oxygen atoms in total. The molecule has 2 atom stereocenters. The molecular weight excluding hydrogens is 234 g/mol. The lowest BCUT2D eigenvalue weighted by atomic mass is 9.93. The zero-order valence-electron chi connectivity index (χ0n) is 10.5. The second kappa shape index (κ2) is 6.17. The maximum Gasteiger partial charge on any atom is 0.150 e. The molecule has 0 fully saturated rings. The Hall–Kier alpha value is -0.870. The number of hydrogen-bond donors (Lipinski definition) is 1. The number of rotatable bonds is 6. The predicted octanol–water partition coefficient (Wildman–Crippen LogP) is 2.15. The minimum absolute atomic E-state index is 0.0942. The van der Waals surface area contributed by atoms with Gasteiger partial charge in [0.1, 0.15) is 9.84 Å². The zero-order valence-corrected chi connectivity index (χ0v) is 11.3. The molecule has 0 aliphatic rings. The molecular formula is C13H21NO2S. The van der Waals surface area contributed by atoms with Crippen LogP contribution < -0.4 is 5.73 Å². The largest absolute Gasteiger partial charge is 0.324 e. The first-order valence-corrected chi connectivity index (χ1v) is 7.79. The third kappa shape index (κ3) is 4.48. The van der Waals surface area contributed by atoms with E-state index in [2.05, 4.69) is 0 Å². The Bertz CT molecular complexity index is 428. The molecule has 0 aliphatic carbocycles. The predicted molar refractivity (Wildman–Crippen MR) is 71.5 cm³/mol. The van der Waals surface area contributed by atoms with Crippen molar-refractivity contribution >= 4 is 9.84 Å². The molecule has 0 amide bonds. The molecule has 2 N–H and O–H groups in total. The fourth-order valence-corrected chi connectivity index (χ4v) is 2.71. The first-order valence-electron chi connectivity index (χ1n) is 5.97. The van der Waals surface area contributed by atoms with Crippen LogP contribution in [0.4, 0.5) is 0 Å². The Morgan fingerprint density at radius 1 is 1.24 bits per heavy atom. The van der Waals surface area contributed by atoms with E-state index in [0.717, 1.165) is 5.56 Å². The lowest BCUT2D eigenvalue weighted by Gasteiger charge is -2.20. The second-order valence-electron chi connectivity index (χ2n) is 4.44. The normalized spacial score (nSPS) is 15.5. The average molecular weight is 255 g/mol. The third-order valence-electron chi connectivity index (χ3n) is 3.12. The molecule has 17 heavy (non-hydrogen) atoms. The van der Waals surface area contributed by atoms with Crippen LogP contribution in [0, 0.1) is 5.92 Å². The Balaban J connectivity index is 2.57. The lowest BCUT2D eigenvalue weighted by molar-refractivity contribution is 0.455. The highest BCUT2D eigenvalue weighted by molar-refractivity contribution is 7.91. The number of benzene rings is 1. The van der Waals surface area contributed by atoms with E-state index in [1.165, 1.54) is 0 Å². The highest BCUT2D eigenvalue weighted by atomic mass is 32.2. The molecule has 0 radical (unpaired) electrons. The van der Waals surface area contributed by atoms with Crippen molar-refractivity contribution in [2.24, 2.45) is 11.7 Å². The summed E-state index contributed by atoms with van der Waals surface area (Å²) in [5.74, 6) is 0.601. The van der Waals surface area contributed by atoms with E-state index < -0.39 is 9.84 Å². The molecule has 1 rings (SSSR count). The van der Waals surface area contributed by atoms with Crippen LogP contribution in [0.15, 0.2) is 30.3 Å². The van der Waals surface area contributed by atoms with E-state index in [1.807, 2.05) is 37.3 Å². The van der Waals surface area contributed by atoms with Crippen molar-refractivity contribution in [3.05, 3.63) is 35.9 Å². The monoisotopic (exact) mass is 255 g/mol. The van der Waals surface area contributed by atoms with Gasteiger partial charge in [0, 0.05) is 11.8 Å². The molecule has 0 saturated heterocycles. The minimum Gasteiger partial charge on any atom is -0.324 e. The molecule has 0 saturated carbocycles. The van der Waals surface area contributed by atoms with E-state index in [1.54, 1.807) is 6.92 Å². The van der Waals surface area contributed by atoms with Gasteiger partial charge in [0.25, 0.3) is 0 Å². The Kier molecular flexibility index (Phi) is 5.15. The van der Waals surface area contributed by atoms with Gasteiger partial charge in [0.05, 0.1) is 5.75 Å². The van der Waals surface area contributed by atoms with Crippen molar-refractivity contribution in [1.29, 1.82) is 0 Å². The summed E-state index contributed by atoms with van der Waals surface area (Å²) < 4.78 is 22.8. The highest BCUT2D eigenvalue weighted by Gasteiger charge is 2.17. The van der Waals surface area contributed by atoms with Gasteiger partial charge in [-0.15, -0.1) is 0 Å². The molecule has 0 spiro atoms. The van der Waals surface area contributed by atoms with Crippen LogP contribution in [-0.2, 0) is 9.84 Å². The topological polar surface area (TPSA) is 60.2 Å². The molecule has 0 aromatic heterocycles. The van der Waals surface area contributed by atoms with E-state index in [9.17, 15) is 8.42 Å². The summed E-state index contributed by atoms with van der Waals surface area (Å²) in [5, 5.41) is 0. The minimum atomic E-state index is -2.89. The Morgan fingerprint density at radius 2 is 1.82 bits per heavy atom. The van der Waals surface area contributed by atoms with E-state index in [4.69, 9.17) is 5.73 Å². The smallest absolute Gasteiger partial charge is 0.150 e. The van der Waals surface area contributed by atoms with Gasteiger partial charge < -0.3 is 5.73 Å². The van der Waals surface area contributed by atoms with Gasteiger partial charge in [-0.1, -0.05) is 44.2 Å². The molecule has 2 unspecified atom stereocenters. The average Bonchev–Trinajstić information content (AvgIpc) is 2.36. The van der Waals surface area contributed by atoms with Crippen LogP contribution in [0.5, 0.6) is 0 Å². The summed E-state index contributed by atoms with van der Waals surface area (Å²) in [4.78, 5) is 0. The fraction of sp³-hybridized carbons (Fsp3) is 0.538. The van der Waals surface area contributed by atoms with Crippen molar-refractivity contribution in [2.75, 3.05) is 11.5 Å². The SMILES string of the molecule is CCS(=O)(=O)CCC(C)C(N)c1ccccc1. The van der Waals surface area contributed by atoms with Crippen molar-refractivity contribution in [3.63, 3.8) is 0 Å². The van der Waals surface area contributed by atoms with Crippen molar-refractivity contribution < 1.29 is 8.42 Å². The molecule has 0 heterocycles. The maximum absolute atomic E-state index is 11.4. The van der Waals surface area contributed by atoms with Crippen LogP contribution >= 0.6 is 0 Å². The van der Waals surface area contributed by atoms with E-state index in [0.29, 0.717) is 6.42 Å². The molecule has 1 aromatic rings. The maximum atomic E-state index is 11.4. The quantitative estimate of drug-likeness (QED) is 0.847. The standard InChI is InChI=1S/C13H21NO2S/c1-3-17(15,16)10-9-11(2)13(14)12-7-5-4-6-8-12/h4-8,11,13H,3,9-10,14H2,1-2H3. The fourth-order valence-electron chi connectivity index (χ4n) is 1.69. The van der Waals surface area contributed by atoms with Gasteiger partial charge in [-0.05, 0) is 17.9 Å². The van der Waals surface area contributed by atoms with Gasteiger partial charge in [-0.25, -0.2) is 8.42 Å². The summed E-state index contributed by atoms with van der Waals surface area (Å²) in [6.07, 6.45) is 0.617. The van der Waals surface area contributed by atoms with Crippen molar-refractivity contribution in [3.8, 4) is 0 Å². The van der Waals surface area contributed by atoms with Crippen LogP contribution in [0.25, 0.3) is 0 Å². The van der Waals surface area contributed by atoms with Crippen molar-refractivity contribution in [2.45, 2.75) is 26.3 Å². The van der Waals surface area contributed by atoms with E-state index >= 15 is 0 Å². The molecule has 0 bridgehead atoms. The zero-order chi connectivity index (χ0) is 12.9. The first kappa shape index (κ1) is 14.2. The molecule has 0 aliphatic heterocycles. The Morgan fingerprint density at radius 3 is 2.35 bits per heavy atom. The molecule has 4 heteroatoms. The molecule has 96 valence electrons. The van der Waals surface area contributed by atoms with Gasteiger partial charge in [0.15, 0.2) is 0 Å². The number of hydrogen-bond acceptors (Lipinski definition) is 3. The first-order chi connectivity index (χ1) is 7.96. The van der Waals surface area contributed by atoms with Gasteiger partial charge in [-0.2, -0.15) is 0 Å². The summed E-state index contributed by atoms with van der Waals surface area (Å²) >= 11 is 0. The highest BCUT2D eigenvalue weighted by Crippen LogP contribution is 2.22. The van der Waals surface area contributed by atoms with Crippen LogP contribution in [0.3, 0.4) is 0 Å². The van der Waals surface area contributed by atoms with Gasteiger partial charge >= 0.3 is 0 Å². The van der Waals surface area contributed by atoms with E-state index in [-0.39, 0.29) is 23.5 Å².